The number of nitrogens with one attached hydrogen (secondary N) is 2. The molecule has 2 heterocycles. The fourth-order valence-electron chi connectivity index (χ4n) is 2.93. The number of hydrogen-bond donors (Lipinski definition) is 2. The molecule has 6 nitrogen and oxygen atoms in total. The summed E-state index contributed by atoms with van der Waals surface area (Å²) in [5, 5.41) is 7.38. The molecule has 1 saturated heterocycles. The third-order valence-electron chi connectivity index (χ3n) is 4.00. The molecular formula is C18H19N3O3S. The third kappa shape index (κ3) is 4.06. The van der Waals surface area contributed by atoms with Crippen molar-refractivity contribution in [2.45, 2.75) is 25.8 Å². The number of carbonyl (C=O) groups excluding carboxylic acids is 3. The predicted octanol–water partition coefficient (Wildman–Crippen LogP) is 2.95. The molecule has 1 aromatic heterocycles. The molecule has 0 bridgehead atoms. The van der Waals surface area contributed by atoms with Crippen molar-refractivity contribution in [2.75, 3.05) is 17.2 Å². The van der Waals surface area contributed by atoms with Gasteiger partial charge >= 0.3 is 0 Å². The molecule has 0 radical (unpaired) electrons. The standard InChI is InChI=1S/C18H19N3O3S/c1-12(22)19-13-5-2-6-14(11-13)20-17(23)15-7-3-9-21(15)18(24)16-8-4-10-25-16/h2,4-6,8,10-11,15H,3,7,9H2,1H3,(H,19,22)(H,20,23)/t15-/m1/s1. The van der Waals surface area contributed by atoms with Crippen LogP contribution in [-0.2, 0) is 9.59 Å². The number of amides is 3. The van der Waals surface area contributed by atoms with Gasteiger partial charge in [0.25, 0.3) is 5.91 Å². The number of thiophene rings is 1. The van der Waals surface area contributed by atoms with E-state index in [0.29, 0.717) is 29.2 Å². The first kappa shape index (κ1) is 17.2. The highest BCUT2D eigenvalue weighted by Crippen LogP contribution is 2.24. The van der Waals surface area contributed by atoms with Crippen LogP contribution in [0.15, 0.2) is 41.8 Å². The van der Waals surface area contributed by atoms with Gasteiger partial charge in [-0.15, -0.1) is 11.3 Å². The van der Waals surface area contributed by atoms with E-state index >= 15 is 0 Å². The summed E-state index contributed by atoms with van der Waals surface area (Å²) in [4.78, 5) is 38.6. The minimum absolute atomic E-state index is 0.0975. The molecule has 130 valence electrons. The van der Waals surface area contributed by atoms with Crippen molar-refractivity contribution in [3.8, 4) is 0 Å². The van der Waals surface area contributed by atoms with E-state index in [-0.39, 0.29) is 17.7 Å². The molecule has 1 atom stereocenters. The van der Waals surface area contributed by atoms with Gasteiger partial charge in [0, 0.05) is 24.8 Å². The maximum Gasteiger partial charge on any atom is 0.264 e. The normalized spacial score (nSPS) is 16.5. The van der Waals surface area contributed by atoms with Crippen LogP contribution >= 0.6 is 11.3 Å². The largest absolute Gasteiger partial charge is 0.326 e. The second-order valence-electron chi connectivity index (χ2n) is 5.89. The summed E-state index contributed by atoms with van der Waals surface area (Å²) >= 11 is 1.38. The van der Waals surface area contributed by atoms with Gasteiger partial charge < -0.3 is 15.5 Å². The van der Waals surface area contributed by atoms with Gasteiger partial charge in [0.1, 0.15) is 6.04 Å². The number of anilines is 2. The number of benzene rings is 1. The van der Waals surface area contributed by atoms with Crippen LogP contribution in [0.25, 0.3) is 0 Å². The maximum absolute atomic E-state index is 12.6. The van der Waals surface area contributed by atoms with Crippen molar-refractivity contribution >= 4 is 40.4 Å². The summed E-state index contributed by atoms with van der Waals surface area (Å²) in [6.45, 7) is 2.01. The molecular weight excluding hydrogens is 338 g/mol. The van der Waals surface area contributed by atoms with Crippen molar-refractivity contribution in [3.63, 3.8) is 0 Å². The SMILES string of the molecule is CC(=O)Nc1cccc(NC(=O)[C@H]2CCCN2C(=O)c2cccs2)c1. The van der Waals surface area contributed by atoms with E-state index in [9.17, 15) is 14.4 Å². The number of likely N-dealkylation sites (tertiary alicyclic amines) is 1. The van der Waals surface area contributed by atoms with Crippen LogP contribution in [0.2, 0.25) is 0 Å². The van der Waals surface area contributed by atoms with Gasteiger partial charge in [0.05, 0.1) is 4.88 Å². The van der Waals surface area contributed by atoms with Gasteiger partial charge in [-0.3, -0.25) is 14.4 Å². The minimum atomic E-state index is -0.473. The maximum atomic E-state index is 12.6. The van der Waals surface area contributed by atoms with E-state index in [1.54, 1.807) is 35.2 Å². The molecule has 1 aliphatic heterocycles. The summed E-state index contributed by atoms with van der Waals surface area (Å²) < 4.78 is 0. The van der Waals surface area contributed by atoms with Gasteiger partial charge in [0.2, 0.25) is 11.8 Å². The van der Waals surface area contributed by atoms with Gasteiger partial charge in [-0.1, -0.05) is 12.1 Å². The van der Waals surface area contributed by atoms with Crippen LogP contribution in [0.3, 0.4) is 0 Å². The fourth-order valence-corrected chi connectivity index (χ4v) is 3.61. The lowest BCUT2D eigenvalue weighted by Gasteiger charge is -2.23. The molecule has 7 heteroatoms. The number of carbonyl (C=O) groups is 3. The molecule has 1 aliphatic rings. The molecule has 2 N–H and O–H groups in total. The second-order valence-corrected chi connectivity index (χ2v) is 6.83. The Labute approximate surface area is 149 Å². The summed E-state index contributed by atoms with van der Waals surface area (Å²) in [6.07, 6.45) is 1.45. The van der Waals surface area contributed by atoms with Gasteiger partial charge in [-0.25, -0.2) is 0 Å². The molecule has 25 heavy (non-hydrogen) atoms. The van der Waals surface area contributed by atoms with Crippen LogP contribution < -0.4 is 10.6 Å². The molecule has 2 aromatic rings. The minimum Gasteiger partial charge on any atom is -0.326 e. The van der Waals surface area contributed by atoms with Crippen molar-refractivity contribution < 1.29 is 14.4 Å². The van der Waals surface area contributed by atoms with E-state index in [1.807, 2.05) is 11.4 Å². The lowest BCUT2D eigenvalue weighted by molar-refractivity contribution is -0.119. The van der Waals surface area contributed by atoms with E-state index < -0.39 is 6.04 Å². The highest BCUT2D eigenvalue weighted by molar-refractivity contribution is 7.12. The Morgan fingerprint density at radius 1 is 1.12 bits per heavy atom. The van der Waals surface area contributed by atoms with Crippen molar-refractivity contribution in [1.29, 1.82) is 0 Å². The Morgan fingerprint density at radius 2 is 1.88 bits per heavy atom. The van der Waals surface area contributed by atoms with Crippen LogP contribution in [0.1, 0.15) is 29.4 Å². The first-order chi connectivity index (χ1) is 12.0. The summed E-state index contributed by atoms with van der Waals surface area (Å²) in [5.41, 5.74) is 1.20. The molecule has 0 unspecified atom stereocenters. The monoisotopic (exact) mass is 357 g/mol. The molecule has 1 aromatic carbocycles. The zero-order valence-electron chi connectivity index (χ0n) is 13.8. The Bertz CT molecular complexity index is 789. The first-order valence-corrected chi connectivity index (χ1v) is 8.95. The molecule has 0 aliphatic carbocycles. The van der Waals surface area contributed by atoms with Crippen LogP contribution in [0, 0.1) is 0 Å². The second kappa shape index (κ2) is 7.48. The van der Waals surface area contributed by atoms with E-state index in [4.69, 9.17) is 0 Å². The van der Waals surface area contributed by atoms with Crippen molar-refractivity contribution in [3.05, 3.63) is 46.7 Å². The van der Waals surface area contributed by atoms with Gasteiger partial charge in [-0.05, 0) is 42.5 Å². The summed E-state index contributed by atoms with van der Waals surface area (Å²) in [7, 11) is 0. The Kier molecular flexibility index (Phi) is 5.14. The lowest BCUT2D eigenvalue weighted by Crippen LogP contribution is -2.42. The average molecular weight is 357 g/mol. The van der Waals surface area contributed by atoms with Gasteiger partial charge in [0.15, 0.2) is 0 Å². The number of hydrogen-bond acceptors (Lipinski definition) is 4. The predicted molar refractivity (Wildman–Crippen MR) is 97.8 cm³/mol. The van der Waals surface area contributed by atoms with E-state index in [0.717, 1.165) is 6.42 Å². The van der Waals surface area contributed by atoms with E-state index in [1.165, 1.54) is 18.3 Å². The smallest absolute Gasteiger partial charge is 0.264 e. The van der Waals surface area contributed by atoms with E-state index in [2.05, 4.69) is 10.6 Å². The van der Waals surface area contributed by atoms with Crippen LogP contribution in [0.5, 0.6) is 0 Å². The third-order valence-corrected chi connectivity index (χ3v) is 4.86. The summed E-state index contributed by atoms with van der Waals surface area (Å²) in [6, 6.07) is 10.1. The zero-order valence-corrected chi connectivity index (χ0v) is 14.6. The zero-order chi connectivity index (χ0) is 17.8. The highest BCUT2D eigenvalue weighted by Gasteiger charge is 2.34. The molecule has 3 amide bonds. The highest BCUT2D eigenvalue weighted by atomic mass is 32.1. The molecule has 0 saturated carbocycles. The van der Waals surface area contributed by atoms with Crippen molar-refractivity contribution in [2.24, 2.45) is 0 Å². The quantitative estimate of drug-likeness (QED) is 0.883. The Morgan fingerprint density at radius 3 is 2.56 bits per heavy atom. The number of nitrogens with zero attached hydrogens (tertiary/aromatic N) is 1. The van der Waals surface area contributed by atoms with Crippen molar-refractivity contribution in [1.82, 2.24) is 4.90 Å². The number of rotatable bonds is 4. The van der Waals surface area contributed by atoms with Crippen LogP contribution in [0.4, 0.5) is 11.4 Å². The Hall–Kier alpha value is -2.67. The topological polar surface area (TPSA) is 78.5 Å². The first-order valence-electron chi connectivity index (χ1n) is 8.07. The lowest BCUT2D eigenvalue weighted by atomic mass is 10.2. The summed E-state index contributed by atoms with van der Waals surface area (Å²) in [5.74, 6) is -0.478. The Balaban J connectivity index is 1.70. The molecule has 0 spiro atoms. The molecule has 3 rings (SSSR count). The fraction of sp³-hybridized carbons (Fsp3) is 0.278. The van der Waals surface area contributed by atoms with Crippen LogP contribution in [-0.4, -0.2) is 35.2 Å². The molecule has 1 fully saturated rings. The van der Waals surface area contributed by atoms with Gasteiger partial charge in [-0.2, -0.15) is 0 Å². The average Bonchev–Trinajstić information content (AvgIpc) is 3.26.